The summed E-state index contributed by atoms with van der Waals surface area (Å²) in [5.74, 6) is 0. The van der Waals surface area contributed by atoms with E-state index in [0.717, 1.165) is 35.4 Å². The maximum atomic E-state index is 4.23. The van der Waals surface area contributed by atoms with Crippen LogP contribution in [0, 0.1) is 0 Å². The fourth-order valence-corrected chi connectivity index (χ4v) is 1.62. The van der Waals surface area contributed by atoms with Crippen LogP contribution < -0.4 is 0 Å². The number of hydrogen-bond donors (Lipinski definition) is 0. The molecule has 0 unspecified atom stereocenters. The first kappa shape index (κ1) is 18.4. The van der Waals surface area contributed by atoms with Crippen LogP contribution in [0.2, 0.25) is 0 Å². The van der Waals surface area contributed by atoms with Crippen LogP contribution in [-0.4, -0.2) is 8.75 Å². The summed E-state index contributed by atoms with van der Waals surface area (Å²) in [4.78, 5) is 0. The highest BCUT2D eigenvalue weighted by atomic mass is 32.1. The normalized spacial score (nSPS) is 8.35. The highest BCUT2D eigenvalue weighted by molar-refractivity contribution is 6.99. The summed E-state index contributed by atoms with van der Waals surface area (Å²) in [6.45, 7) is 20.1. The summed E-state index contributed by atoms with van der Waals surface area (Å²) in [5.41, 5.74) is 3.94. The van der Waals surface area contributed by atoms with Crippen LogP contribution in [0.15, 0.2) is 13.2 Å². The van der Waals surface area contributed by atoms with E-state index in [1.54, 1.807) is 0 Å². The van der Waals surface area contributed by atoms with Gasteiger partial charge in [-0.25, -0.2) is 0 Å². The van der Waals surface area contributed by atoms with Gasteiger partial charge in [0.2, 0.25) is 0 Å². The second-order valence-electron chi connectivity index (χ2n) is 2.88. The van der Waals surface area contributed by atoms with Gasteiger partial charge in [0.1, 0.15) is 11.4 Å². The van der Waals surface area contributed by atoms with Gasteiger partial charge in [0.05, 0.1) is 11.7 Å². The third-order valence-corrected chi connectivity index (χ3v) is 2.54. The predicted molar refractivity (Wildman–Crippen MR) is 81.3 cm³/mol. The fourth-order valence-electron chi connectivity index (χ4n) is 0.987. The maximum absolute atomic E-state index is 4.23. The largest absolute Gasteiger partial charge is 0.173 e. The van der Waals surface area contributed by atoms with Crippen LogP contribution in [0.4, 0.5) is 0 Å². The minimum absolute atomic E-state index is 0.912. The molecule has 0 spiro atoms. The van der Waals surface area contributed by atoms with Gasteiger partial charge in [0.15, 0.2) is 0 Å². The zero-order valence-electron chi connectivity index (χ0n) is 12.1. The van der Waals surface area contributed by atoms with Gasteiger partial charge in [0, 0.05) is 0 Å². The zero-order valence-corrected chi connectivity index (χ0v) is 12.9. The fraction of sp³-hybridized carbons (Fsp3) is 0.571. The van der Waals surface area contributed by atoms with Crippen molar-refractivity contribution in [3.05, 3.63) is 24.5 Å². The second-order valence-corrected chi connectivity index (χ2v) is 3.40. The van der Waals surface area contributed by atoms with E-state index in [0.29, 0.717) is 0 Å². The molecule has 17 heavy (non-hydrogen) atoms. The van der Waals surface area contributed by atoms with E-state index >= 15 is 0 Å². The smallest absolute Gasteiger partial charge is 0.107 e. The van der Waals surface area contributed by atoms with E-state index in [4.69, 9.17) is 0 Å². The van der Waals surface area contributed by atoms with Crippen LogP contribution in [0.25, 0.3) is 11.1 Å². The summed E-state index contributed by atoms with van der Waals surface area (Å²) in [5, 5.41) is 0. The van der Waals surface area contributed by atoms with Crippen molar-refractivity contribution < 1.29 is 0 Å². The zero-order chi connectivity index (χ0) is 13.8. The van der Waals surface area contributed by atoms with Crippen molar-refractivity contribution in [2.45, 2.75) is 54.4 Å². The summed E-state index contributed by atoms with van der Waals surface area (Å²) in [7, 11) is 0. The predicted octanol–water partition coefficient (Wildman–Crippen LogP) is 5.44. The monoisotopic (exact) mass is 254 g/mol. The molecule has 2 nitrogen and oxygen atoms in total. The van der Waals surface area contributed by atoms with E-state index in [1.165, 1.54) is 11.7 Å². The molecule has 98 valence electrons. The molecule has 1 heterocycles. The molecule has 1 rings (SSSR count). The number of hydrogen-bond acceptors (Lipinski definition) is 3. The number of rotatable bonds is 4. The van der Waals surface area contributed by atoms with Crippen LogP contribution in [0.1, 0.15) is 65.8 Å². The Kier molecular flexibility index (Phi) is 12.5. The lowest BCUT2D eigenvalue weighted by atomic mass is 10.0. The van der Waals surface area contributed by atoms with Crippen molar-refractivity contribution in [3.8, 4) is 0 Å². The molecule has 0 aliphatic carbocycles. The second kappa shape index (κ2) is 11.5. The van der Waals surface area contributed by atoms with E-state index in [9.17, 15) is 0 Å². The molecule has 3 heteroatoms. The van der Waals surface area contributed by atoms with Crippen molar-refractivity contribution in [1.29, 1.82) is 0 Å². The Bertz CT molecular complexity index is 296. The van der Waals surface area contributed by atoms with Crippen LogP contribution in [0.3, 0.4) is 0 Å². The maximum Gasteiger partial charge on any atom is 0.107 e. The summed E-state index contributed by atoms with van der Waals surface area (Å²) in [6.07, 6.45) is 1.82. The van der Waals surface area contributed by atoms with Gasteiger partial charge in [-0.15, -0.1) is 0 Å². The SMILES string of the molecule is C=C(CC)c1nsnc1C(=C)CC.CC.CC. The molecule has 0 aliphatic heterocycles. The highest BCUT2D eigenvalue weighted by Crippen LogP contribution is 2.24. The van der Waals surface area contributed by atoms with Gasteiger partial charge < -0.3 is 0 Å². The van der Waals surface area contributed by atoms with Gasteiger partial charge in [-0.05, 0) is 24.0 Å². The number of nitrogens with zero attached hydrogens (tertiary/aromatic N) is 2. The molecule has 0 bridgehead atoms. The van der Waals surface area contributed by atoms with E-state index < -0.39 is 0 Å². The van der Waals surface area contributed by atoms with Crippen LogP contribution >= 0.6 is 11.7 Å². The van der Waals surface area contributed by atoms with Gasteiger partial charge >= 0.3 is 0 Å². The first-order valence-corrected chi connectivity index (χ1v) is 7.12. The first-order chi connectivity index (χ1) is 8.20. The van der Waals surface area contributed by atoms with Gasteiger partial charge in [0.25, 0.3) is 0 Å². The average Bonchev–Trinajstić information content (AvgIpc) is 2.90. The lowest BCUT2D eigenvalue weighted by Gasteiger charge is -2.02. The summed E-state index contributed by atoms with van der Waals surface area (Å²) in [6, 6.07) is 0. The van der Waals surface area contributed by atoms with Crippen molar-refractivity contribution in [2.75, 3.05) is 0 Å². The molecule has 0 saturated heterocycles. The highest BCUT2D eigenvalue weighted by Gasteiger charge is 2.11. The quantitative estimate of drug-likeness (QED) is 0.715. The molecular formula is C14H26N2S. The van der Waals surface area contributed by atoms with Gasteiger partial charge in [-0.1, -0.05) is 54.7 Å². The molecule has 0 amide bonds. The third kappa shape index (κ3) is 5.78. The Morgan fingerprint density at radius 1 is 0.882 bits per heavy atom. The minimum atomic E-state index is 0.912. The number of allylic oxidation sites excluding steroid dienone is 2. The topological polar surface area (TPSA) is 25.8 Å². The van der Waals surface area contributed by atoms with E-state index in [1.807, 2.05) is 27.7 Å². The van der Waals surface area contributed by atoms with Gasteiger partial charge in [-0.2, -0.15) is 8.75 Å². The van der Waals surface area contributed by atoms with Crippen LogP contribution in [-0.2, 0) is 0 Å². The van der Waals surface area contributed by atoms with Gasteiger partial charge in [-0.3, -0.25) is 0 Å². The lowest BCUT2D eigenvalue weighted by Crippen LogP contribution is -1.89. The molecule has 0 atom stereocenters. The first-order valence-electron chi connectivity index (χ1n) is 6.39. The third-order valence-electron chi connectivity index (χ3n) is 2.01. The molecule has 0 fully saturated rings. The van der Waals surface area contributed by atoms with E-state index in [2.05, 4.69) is 35.8 Å². The van der Waals surface area contributed by atoms with E-state index in [-0.39, 0.29) is 0 Å². The lowest BCUT2D eigenvalue weighted by molar-refractivity contribution is 1.18. The summed E-state index contributed by atoms with van der Waals surface area (Å²) >= 11 is 1.23. The molecule has 0 aromatic carbocycles. The standard InChI is InChI=1S/C10H14N2S.2C2H6/c1-5-7(3)9-10(8(4)6-2)12-13-11-9;2*1-2/h3-6H2,1-2H3;2*1-2H3. The minimum Gasteiger partial charge on any atom is -0.173 e. The average molecular weight is 254 g/mol. The molecule has 0 radical (unpaired) electrons. The molecule has 0 saturated carbocycles. The molecule has 0 N–H and O–H groups in total. The Labute approximate surface area is 111 Å². The van der Waals surface area contributed by atoms with Crippen molar-refractivity contribution in [2.24, 2.45) is 0 Å². The van der Waals surface area contributed by atoms with Crippen molar-refractivity contribution in [1.82, 2.24) is 8.75 Å². The number of aromatic nitrogens is 2. The molecular weight excluding hydrogens is 228 g/mol. The summed E-state index contributed by atoms with van der Waals surface area (Å²) < 4.78 is 8.45. The Morgan fingerprint density at radius 3 is 1.41 bits per heavy atom. The van der Waals surface area contributed by atoms with Crippen molar-refractivity contribution >= 4 is 22.9 Å². The van der Waals surface area contributed by atoms with Crippen molar-refractivity contribution in [3.63, 3.8) is 0 Å². The molecule has 1 aromatic rings. The molecule has 1 aromatic heterocycles. The molecule has 0 aliphatic rings. The Balaban J connectivity index is 0. The van der Waals surface area contributed by atoms with Crippen LogP contribution in [0.5, 0.6) is 0 Å². The Morgan fingerprint density at radius 2 is 1.18 bits per heavy atom. The Hall–Kier alpha value is -0.960.